The van der Waals surface area contributed by atoms with Crippen molar-refractivity contribution in [1.82, 2.24) is 14.8 Å². The first-order valence-electron chi connectivity index (χ1n) is 9.82. The lowest BCUT2D eigenvalue weighted by Crippen LogP contribution is -2.59. The number of oxazole rings is 1. The van der Waals surface area contributed by atoms with E-state index in [0.717, 1.165) is 49.9 Å². The second-order valence-corrected chi connectivity index (χ2v) is 8.00. The van der Waals surface area contributed by atoms with Crippen LogP contribution in [0, 0.1) is 0 Å². The molecular formula is C20H27N3O4. The molecule has 3 heterocycles. The van der Waals surface area contributed by atoms with E-state index in [0.29, 0.717) is 5.58 Å². The molecule has 2 aliphatic rings. The van der Waals surface area contributed by atoms with E-state index >= 15 is 0 Å². The van der Waals surface area contributed by atoms with Crippen LogP contribution < -0.4 is 5.76 Å². The van der Waals surface area contributed by atoms with Crippen molar-refractivity contribution in [1.29, 1.82) is 0 Å². The molecule has 0 aliphatic carbocycles. The lowest BCUT2D eigenvalue weighted by atomic mass is 9.86. The van der Waals surface area contributed by atoms with Gasteiger partial charge in [0.05, 0.1) is 5.52 Å². The number of H-pyrrole nitrogens is 1. The van der Waals surface area contributed by atoms with Gasteiger partial charge in [-0.1, -0.05) is 12.1 Å². The molecule has 7 heteroatoms. The highest BCUT2D eigenvalue weighted by atomic mass is 16.4. The Balaban J connectivity index is 1.57. The van der Waals surface area contributed by atoms with Crippen LogP contribution >= 0.6 is 0 Å². The second kappa shape index (κ2) is 7.03. The third-order valence-electron chi connectivity index (χ3n) is 6.41. The molecule has 0 saturated carbocycles. The van der Waals surface area contributed by atoms with Crippen molar-refractivity contribution in [2.24, 2.45) is 0 Å². The largest absolute Gasteiger partial charge is 0.465 e. The van der Waals surface area contributed by atoms with E-state index < -0.39 is 11.8 Å². The number of hydrogen-bond donors (Lipinski definition) is 2. The van der Waals surface area contributed by atoms with Gasteiger partial charge in [0.2, 0.25) is 0 Å². The topological polar surface area (TPSA) is 89.8 Å². The number of carbonyl (C=O) groups is 1. The van der Waals surface area contributed by atoms with Crippen LogP contribution in [0.5, 0.6) is 0 Å². The number of rotatable bonds is 2. The molecule has 0 bridgehead atoms. The highest BCUT2D eigenvalue weighted by Gasteiger charge is 2.39. The molecular weight excluding hydrogens is 346 g/mol. The molecule has 2 saturated heterocycles. The first kappa shape index (κ1) is 18.1. The number of likely N-dealkylation sites (tertiary alicyclic amines) is 2. The maximum Gasteiger partial charge on any atom is 0.417 e. The molecule has 7 nitrogen and oxygen atoms in total. The lowest BCUT2D eigenvalue weighted by molar-refractivity contribution is 0.0129. The van der Waals surface area contributed by atoms with Gasteiger partial charge in [-0.3, -0.25) is 9.88 Å². The quantitative estimate of drug-likeness (QED) is 0.844. The van der Waals surface area contributed by atoms with Crippen molar-refractivity contribution in [3.63, 3.8) is 0 Å². The molecule has 2 fully saturated rings. The van der Waals surface area contributed by atoms with Crippen molar-refractivity contribution in [2.75, 3.05) is 13.1 Å². The number of para-hydroxylation sites is 1. The minimum absolute atomic E-state index is 0.0222. The van der Waals surface area contributed by atoms with Crippen LogP contribution in [0.15, 0.2) is 27.4 Å². The number of carboxylic acid groups (broad SMARTS) is 1. The fourth-order valence-corrected chi connectivity index (χ4v) is 5.11. The molecule has 1 aromatic carbocycles. The van der Waals surface area contributed by atoms with E-state index in [1.807, 2.05) is 32.0 Å². The first-order valence-corrected chi connectivity index (χ1v) is 9.82. The van der Waals surface area contributed by atoms with Crippen LogP contribution in [-0.2, 0) is 0 Å². The zero-order valence-electron chi connectivity index (χ0n) is 15.9. The summed E-state index contributed by atoms with van der Waals surface area (Å²) in [4.78, 5) is 30.1. The lowest BCUT2D eigenvalue weighted by Gasteiger charge is -2.48. The van der Waals surface area contributed by atoms with E-state index in [1.165, 1.54) is 0 Å². The standard InChI is InChI=1S/C20H27N3O4/c1-12-8-9-17(13(2)23(12)20(25)26)22-10-4-5-14(11-22)15-6-3-7-16-18(15)27-19(24)21-16/h3,6-7,12-14,17H,4-5,8-11H2,1-2H3,(H,21,24)(H,25,26). The van der Waals surface area contributed by atoms with Crippen molar-refractivity contribution < 1.29 is 14.3 Å². The van der Waals surface area contributed by atoms with E-state index in [9.17, 15) is 14.7 Å². The fourth-order valence-electron chi connectivity index (χ4n) is 5.11. The molecule has 0 spiro atoms. The first-order chi connectivity index (χ1) is 13.0. The van der Waals surface area contributed by atoms with Gasteiger partial charge in [-0.15, -0.1) is 0 Å². The number of hydrogen-bond acceptors (Lipinski definition) is 4. The molecule has 146 valence electrons. The Morgan fingerprint density at radius 2 is 2.07 bits per heavy atom. The van der Waals surface area contributed by atoms with Crippen LogP contribution in [0.4, 0.5) is 4.79 Å². The highest BCUT2D eigenvalue weighted by molar-refractivity contribution is 5.76. The van der Waals surface area contributed by atoms with E-state index in [-0.39, 0.29) is 24.0 Å². The van der Waals surface area contributed by atoms with Gasteiger partial charge in [-0.2, -0.15) is 0 Å². The predicted octanol–water partition coefficient (Wildman–Crippen LogP) is 3.22. The number of aromatic nitrogens is 1. The van der Waals surface area contributed by atoms with Gasteiger partial charge in [0.15, 0.2) is 5.58 Å². The second-order valence-electron chi connectivity index (χ2n) is 8.00. The van der Waals surface area contributed by atoms with Gasteiger partial charge >= 0.3 is 11.8 Å². The summed E-state index contributed by atoms with van der Waals surface area (Å²) < 4.78 is 5.40. The maximum absolute atomic E-state index is 11.7. The minimum Gasteiger partial charge on any atom is -0.465 e. The molecule has 4 atom stereocenters. The Morgan fingerprint density at radius 3 is 2.85 bits per heavy atom. The average molecular weight is 373 g/mol. The summed E-state index contributed by atoms with van der Waals surface area (Å²) in [6, 6.07) is 6.14. The summed E-state index contributed by atoms with van der Waals surface area (Å²) >= 11 is 0. The minimum atomic E-state index is -0.827. The van der Waals surface area contributed by atoms with Crippen molar-refractivity contribution in [2.45, 2.75) is 63.6 Å². The number of nitrogens with one attached hydrogen (secondary N) is 1. The fraction of sp³-hybridized carbons (Fsp3) is 0.600. The number of fused-ring (bicyclic) bond motifs is 1. The molecule has 1 amide bonds. The summed E-state index contributed by atoms with van der Waals surface area (Å²) in [5.74, 6) is -0.136. The Labute approximate surface area is 157 Å². The molecule has 0 radical (unpaired) electrons. The predicted molar refractivity (Wildman–Crippen MR) is 102 cm³/mol. The number of piperidine rings is 2. The van der Waals surface area contributed by atoms with Crippen LogP contribution in [0.2, 0.25) is 0 Å². The Kier molecular flexibility index (Phi) is 4.72. The van der Waals surface area contributed by atoms with E-state index in [4.69, 9.17) is 4.42 Å². The molecule has 27 heavy (non-hydrogen) atoms. The number of nitrogens with zero attached hydrogens (tertiary/aromatic N) is 2. The van der Waals surface area contributed by atoms with Crippen molar-refractivity contribution >= 4 is 17.2 Å². The van der Waals surface area contributed by atoms with Crippen LogP contribution in [0.3, 0.4) is 0 Å². The number of amides is 1. The average Bonchev–Trinajstić information content (AvgIpc) is 3.01. The molecule has 1 aromatic heterocycles. The summed E-state index contributed by atoms with van der Waals surface area (Å²) in [6.45, 7) is 5.88. The van der Waals surface area contributed by atoms with Gasteiger partial charge in [0.25, 0.3) is 0 Å². The van der Waals surface area contributed by atoms with Gasteiger partial charge in [-0.05, 0) is 52.1 Å². The number of aromatic amines is 1. The third-order valence-corrected chi connectivity index (χ3v) is 6.41. The van der Waals surface area contributed by atoms with Crippen molar-refractivity contribution in [3.05, 3.63) is 34.3 Å². The molecule has 2 aliphatic heterocycles. The molecule has 2 N–H and O–H groups in total. The molecule has 4 rings (SSSR count). The Bertz CT molecular complexity index is 889. The zero-order valence-corrected chi connectivity index (χ0v) is 15.9. The normalized spacial score (nSPS) is 29.9. The Hall–Kier alpha value is -2.28. The van der Waals surface area contributed by atoms with Crippen LogP contribution in [0.1, 0.15) is 51.0 Å². The number of benzene rings is 1. The van der Waals surface area contributed by atoms with E-state index in [1.54, 1.807) is 4.90 Å². The monoisotopic (exact) mass is 373 g/mol. The zero-order chi connectivity index (χ0) is 19.1. The SMILES string of the molecule is CC1CCC(N2CCCC(c3cccc4[nH]c(=O)oc34)C2)C(C)N1C(=O)O. The molecule has 2 aromatic rings. The van der Waals surface area contributed by atoms with Crippen molar-refractivity contribution in [3.8, 4) is 0 Å². The smallest absolute Gasteiger partial charge is 0.417 e. The summed E-state index contributed by atoms with van der Waals surface area (Å²) in [6.07, 6.45) is 3.19. The summed E-state index contributed by atoms with van der Waals surface area (Å²) in [7, 11) is 0. The highest BCUT2D eigenvalue weighted by Crippen LogP contribution is 2.35. The summed E-state index contributed by atoms with van der Waals surface area (Å²) in [5, 5.41) is 9.61. The van der Waals surface area contributed by atoms with Crippen LogP contribution in [0.25, 0.3) is 11.1 Å². The van der Waals surface area contributed by atoms with Crippen LogP contribution in [-0.4, -0.2) is 57.2 Å². The third kappa shape index (κ3) is 3.25. The van der Waals surface area contributed by atoms with Gasteiger partial charge in [0, 0.05) is 36.2 Å². The van der Waals surface area contributed by atoms with E-state index in [2.05, 4.69) is 9.88 Å². The Morgan fingerprint density at radius 1 is 1.26 bits per heavy atom. The van der Waals surface area contributed by atoms with Gasteiger partial charge in [0.1, 0.15) is 0 Å². The molecule has 4 unspecified atom stereocenters. The van der Waals surface area contributed by atoms with Gasteiger partial charge in [-0.25, -0.2) is 9.59 Å². The maximum atomic E-state index is 11.7. The van der Waals surface area contributed by atoms with Gasteiger partial charge < -0.3 is 14.4 Å². The summed E-state index contributed by atoms with van der Waals surface area (Å²) in [5.41, 5.74) is 2.47.